The van der Waals surface area contributed by atoms with E-state index in [1.54, 1.807) is 6.92 Å². The van der Waals surface area contributed by atoms with Crippen molar-refractivity contribution in [1.29, 1.82) is 0 Å². The molecular formula is C24H22FN3O3. The molecule has 1 aromatic heterocycles. The number of carbonyl (C=O) groups is 1. The molecule has 158 valence electrons. The van der Waals surface area contributed by atoms with Crippen molar-refractivity contribution >= 4 is 23.1 Å². The Labute approximate surface area is 179 Å². The summed E-state index contributed by atoms with van der Waals surface area (Å²) >= 11 is 0. The topological polar surface area (TPSA) is 71.9 Å². The maximum atomic E-state index is 14.6. The zero-order valence-corrected chi connectivity index (χ0v) is 17.5. The van der Waals surface area contributed by atoms with Crippen LogP contribution in [0.4, 0.5) is 4.39 Å². The number of pyridine rings is 1. The van der Waals surface area contributed by atoms with E-state index < -0.39 is 6.04 Å². The van der Waals surface area contributed by atoms with Crippen molar-refractivity contribution in [3.63, 3.8) is 0 Å². The molecule has 7 heteroatoms. The number of benzene rings is 1. The molecule has 0 N–H and O–H groups in total. The first-order valence-corrected chi connectivity index (χ1v) is 10.4. The Morgan fingerprint density at radius 1 is 1.35 bits per heavy atom. The maximum absolute atomic E-state index is 14.6. The second kappa shape index (κ2) is 7.11. The van der Waals surface area contributed by atoms with Gasteiger partial charge in [-0.05, 0) is 61.4 Å². The molecule has 0 spiro atoms. The van der Waals surface area contributed by atoms with Crippen molar-refractivity contribution in [2.24, 2.45) is 5.18 Å². The van der Waals surface area contributed by atoms with Gasteiger partial charge in [-0.2, -0.15) is 4.91 Å². The number of aryl methyl sites for hydroxylation is 2. The maximum Gasteiger partial charge on any atom is 0.293 e. The summed E-state index contributed by atoms with van der Waals surface area (Å²) in [4.78, 5) is 29.0. The molecular weight excluding hydrogens is 397 g/mol. The Hall–Kier alpha value is -3.35. The summed E-state index contributed by atoms with van der Waals surface area (Å²) < 4.78 is 19.6. The third kappa shape index (κ3) is 2.76. The summed E-state index contributed by atoms with van der Waals surface area (Å²) in [5.74, 6) is -0.229. The van der Waals surface area contributed by atoms with Gasteiger partial charge in [0.1, 0.15) is 18.5 Å². The zero-order valence-electron chi connectivity index (χ0n) is 17.5. The smallest absolute Gasteiger partial charge is 0.293 e. The molecule has 0 amide bonds. The Morgan fingerprint density at radius 3 is 2.87 bits per heavy atom. The van der Waals surface area contributed by atoms with Crippen LogP contribution in [0.5, 0.6) is 0 Å². The van der Waals surface area contributed by atoms with Crippen LogP contribution in [0, 0.1) is 17.6 Å². The average molecular weight is 419 g/mol. The number of rotatable bonds is 5. The summed E-state index contributed by atoms with van der Waals surface area (Å²) in [5.41, 5.74) is 8.40. The summed E-state index contributed by atoms with van der Waals surface area (Å²) in [5, 5.41) is 4.25. The normalized spacial score (nSPS) is 18.0. The van der Waals surface area contributed by atoms with Crippen molar-refractivity contribution in [3.8, 4) is 0 Å². The quantitative estimate of drug-likeness (QED) is 0.528. The molecule has 5 rings (SSSR count). The largest absolute Gasteiger partial charge is 0.463 e. The summed E-state index contributed by atoms with van der Waals surface area (Å²) in [6.07, 6.45) is 4.63. The van der Waals surface area contributed by atoms with E-state index in [2.05, 4.69) is 11.8 Å². The molecule has 0 saturated heterocycles. The second-order valence-corrected chi connectivity index (χ2v) is 8.31. The molecule has 0 fully saturated rings. The Kier molecular flexibility index (Phi) is 4.50. The van der Waals surface area contributed by atoms with E-state index in [-0.39, 0.29) is 12.4 Å². The second-order valence-electron chi connectivity index (χ2n) is 8.31. The fraction of sp³-hybridized carbons (Fsp3) is 0.333. The number of hydrogen-bond acceptors (Lipinski definition) is 6. The number of hydrogen-bond donors (Lipinski definition) is 0. The third-order valence-electron chi connectivity index (χ3n) is 6.74. The molecule has 6 nitrogen and oxygen atoms in total. The van der Waals surface area contributed by atoms with Crippen LogP contribution in [0.3, 0.4) is 0 Å². The lowest BCUT2D eigenvalue weighted by Gasteiger charge is -2.30. The molecule has 0 bridgehead atoms. The van der Waals surface area contributed by atoms with Gasteiger partial charge >= 0.3 is 0 Å². The van der Waals surface area contributed by atoms with Crippen LogP contribution in [0.15, 0.2) is 40.7 Å². The first-order valence-electron chi connectivity index (χ1n) is 10.4. The molecule has 3 heterocycles. The molecule has 1 atom stereocenters. The SMILES string of the molecule is C=C1C(COC=O)=C(C(C)N=O)C=C2c3nc4cc(F)c(C)c5c4c(c3CN12)CCC5. The number of nitroso groups, excluding NO2 is 1. The monoisotopic (exact) mass is 419 g/mol. The van der Waals surface area contributed by atoms with Crippen molar-refractivity contribution in [2.75, 3.05) is 6.61 Å². The molecule has 1 aliphatic carbocycles. The van der Waals surface area contributed by atoms with E-state index in [0.717, 1.165) is 47.2 Å². The number of halogens is 1. The van der Waals surface area contributed by atoms with Crippen LogP contribution in [0.1, 0.15) is 41.3 Å². The molecule has 3 aliphatic rings. The lowest BCUT2D eigenvalue weighted by Crippen LogP contribution is -2.25. The highest BCUT2D eigenvalue weighted by molar-refractivity contribution is 5.92. The Balaban J connectivity index is 1.75. The van der Waals surface area contributed by atoms with E-state index in [9.17, 15) is 14.1 Å². The minimum Gasteiger partial charge on any atom is -0.463 e. The fourth-order valence-electron chi connectivity index (χ4n) is 5.14. The van der Waals surface area contributed by atoms with Gasteiger partial charge in [-0.3, -0.25) is 4.79 Å². The number of aromatic nitrogens is 1. The van der Waals surface area contributed by atoms with Crippen LogP contribution in [0.25, 0.3) is 16.6 Å². The van der Waals surface area contributed by atoms with Gasteiger partial charge < -0.3 is 9.64 Å². The Morgan fingerprint density at radius 2 is 2.13 bits per heavy atom. The molecule has 0 radical (unpaired) electrons. The van der Waals surface area contributed by atoms with E-state index in [1.165, 1.54) is 11.6 Å². The summed E-state index contributed by atoms with van der Waals surface area (Å²) in [6, 6.07) is 0.894. The molecule has 1 unspecified atom stereocenters. The third-order valence-corrected chi connectivity index (χ3v) is 6.74. The first kappa shape index (κ1) is 19.6. The van der Waals surface area contributed by atoms with E-state index in [0.29, 0.717) is 40.9 Å². The molecule has 1 aromatic carbocycles. The van der Waals surface area contributed by atoms with E-state index in [1.807, 2.05) is 17.9 Å². The minimum atomic E-state index is -0.633. The highest BCUT2D eigenvalue weighted by Gasteiger charge is 2.37. The molecule has 2 aromatic rings. The Bertz CT molecular complexity index is 1240. The predicted octanol–water partition coefficient (Wildman–Crippen LogP) is 4.48. The highest BCUT2D eigenvalue weighted by atomic mass is 19.1. The summed E-state index contributed by atoms with van der Waals surface area (Å²) in [6.45, 7) is 8.75. The van der Waals surface area contributed by atoms with Crippen molar-refractivity contribution in [1.82, 2.24) is 9.88 Å². The number of fused-ring (bicyclic) bond motifs is 4. The van der Waals surface area contributed by atoms with Gasteiger partial charge in [0, 0.05) is 28.3 Å². The van der Waals surface area contributed by atoms with Crippen LogP contribution < -0.4 is 0 Å². The molecule has 31 heavy (non-hydrogen) atoms. The molecule has 2 aliphatic heterocycles. The van der Waals surface area contributed by atoms with E-state index in [4.69, 9.17) is 9.72 Å². The van der Waals surface area contributed by atoms with Gasteiger partial charge in [0.05, 0.1) is 23.5 Å². The van der Waals surface area contributed by atoms with Crippen molar-refractivity contribution < 1.29 is 13.9 Å². The van der Waals surface area contributed by atoms with Gasteiger partial charge in [-0.25, -0.2) is 9.37 Å². The van der Waals surface area contributed by atoms with Crippen molar-refractivity contribution in [3.05, 3.63) is 74.2 Å². The van der Waals surface area contributed by atoms with Gasteiger partial charge in [-0.1, -0.05) is 11.8 Å². The van der Waals surface area contributed by atoms with Gasteiger partial charge in [0.2, 0.25) is 0 Å². The summed E-state index contributed by atoms with van der Waals surface area (Å²) in [7, 11) is 0. The number of ether oxygens (including phenoxy) is 1. The minimum absolute atomic E-state index is 0.0188. The van der Waals surface area contributed by atoms with Crippen LogP contribution in [0.2, 0.25) is 0 Å². The van der Waals surface area contributed by atoms with Crippen LogP contribution in [-0.4, -0.2) is 29.0 Å². The van der Waals surface area contributed by atoms with E-state index >= 15 is 0 Å². The first-order chi connectivity index (χ1) is 15.0. The average Bonchev–Trinajstić information content (AvgIpc) is 3.15. The van der Waals surface area contributed by atoms with Crippen LogP contribution >= 0.6 is 0 Å². The lowest BCUT2D eigenvalue weighted by atomic mass is 9.85. The lowest BCUT2D eigenvalue weighted by molar-refractivity contribution is -0.127. The fourth-order valence-corrected chi connectivity index (χ4v) is 5.14. The van der Waals surface area contributed by atoms with Gasteiger partial charge in [0.25, 0.3) is 6.47 Å². The highest BCUT2D eigenvalue weighted by Crippen LogP contribution is 2.46. The molecule has 0 saturated carbocycles. The zero-order chi connectivity index (χ0) is 21.9. The van der Waals surface area contributed by atoms with Gasteiger partial charge in [0.15, 0.2) is 0 Å². The van der Waals surface area contributed by atoms with Gasteiger partial charge in [-0.15, -0.1) is 0 Å². The van der Waals surface area contributed by atoms with Crippen molar-refractivity contribution in [2.45, 2.75) is 45.7 Å². The number of nitrogens with zero attached hydrogens (tertiary/aromatic N) is 3. The van der Waals surface area contributed by atoms with Crippen LogP contribution in [-0.2, 0) is 28.9 Å². The standard InChI is InChI=1S/C24H22FN3O3/c1-12-15-5-4-6-16-18-9-28-14(3)19(10-31-11-29)17(13(2)27-30)7-22(28)24(18)26-21(23(15)16)8-20(12)25/h7-8,11,13H,3-6,9-10H2,1-2H3. The number of carbonyl (C=O) groups excluding carboxylic acids is 1. The predicted molar refractivity (Wildman–Crippen MR) is 115 cm³/mol.